The average Bonchev–Trinajstić information content (AvgIpc) is 3.12. The number of carbonyl (C=O) groups is 2. The number of rotatable bonds is 4. The molecule has 3 N–H and O–H groups in total. The number of aromatic nitrogens is 4. The van der Waals surface area contributed by atoms with Gasteiger partial charge in [-0.15, -0.1) is 0 Å². The number of nitrogen functional groups attached to an aromatic ring is 1. The molecule has 0 aromatic carbocycles. The van der Waals surface area contributed by atoms with Gasteiger partial charge in [-0.3, -0.25) is 14.2 Å². The van der Waals surface area contributed by atoms with E-state index in [2.05, 4.69) is 20.1 Å². The summed E-state index contributed by atoms with van der Waals surface area (Å²) >= 11 is 0. The minimum absolute atomic E-state index is 0.167. The zero-order valence-electron chi connectivity index (χ0n) is 13.8. The van der Waals surface area contributed by atoms with Crippen LogP contribution in [0.25, 0.3) is 11.2 Å². The van der Waals surface area contributed by atoms with Crippen LogP contribution in [-0.2, 0) is 23.8 Å². The molecule has 4 atom stereocenters. The molecule has 138 valence electrons. The molecule has 0 unspecified atom stereocenters. The van der Waals surface area contributed by atoms with Gasteiger partial charge in [-0.2, -0.15) is 0 Å². The second kappa shape index (κ2) is 6.92. The maximum absolute atomic E-state index is 11.6. The Bertz CT molecular complexity index is 867. The number of fused-ring (bicyclic) bond motifs is 1. The third-order valence-corrected chi connectivity index (χ3v) is 3.70. The molecule has 1 saturated heterocycles. The first-order valence-corrected chi connectivity index (χ1v) is 7.52. The largest absolute Gasteiger partial charge is 0.455 e. The molecule has 0 radical (unpaired) electrons. The molecule has 0 aliphatic carbocycles. The summed E-state index contributed by atoms with van der Waals surface area (Å²) in [6.45, 7) is 2.41. The van der Waals surface area contributed by atoms with Crippen LogP contribution in [0.4, 0.5) is 5.82 Å². The van der Waals surface area contributed by atoms with Crippen LogP contribution in [-0.4, -0.2) is 61.2 Å². The lowest BCUT2D eigenvalue weighted by molar-refractivity contribution is -0.165. The molecule has 0 bridgehead atoms. The van der Waals surface area contributed by atoms with Crippen LogP contribution in [0, 0.1) is 0 Å². The van der Waals surface area contributed by atoms with E-state index in [0.29, 0.717) is 11.2 Å². The number of oxime groups is 1. The van der Waals surface area contributed by atoms with E-state index in [1.807, 2.05) is 0 Å². The highest BCUT2D eigenvalue weighted by molar-refractivity contribution is 5.81. The van der Waals surface area contributed by atoms with Crippen LogP contribution in [0.1, 0.15) is 20.1 Å². The summed E-state index contributed by atoms with van der Waals surface area (Å²) in [5.41, 5.74) is 6.45. The molecule has 1 aliphatic rings. The fourth-order valence-electron chi connectivity index (χ4n) is 2.77. The Morgan fingerprint density at radius 3 is 2.62 bits per heavy atom. The summed E-state index contributed by atoms with van der Waals surface area (Å²) < 4.78 is 17.8. The van der Waals surface area contributed by atoms with Crippen LogP contribution < -0.4 is 5.73 Å². The van der Waals surface area contributed by atoms with Gasteiger partial charge in [0.1, 0.15) is 17.9 Å². The topological polar surface area (TPSA) is 164 Å². The lowest BCUT2D eigenvalue weighted by Gasteiger charge is -2.23. The van der Waals surface area contributed by atoms with Crippen molar-refractivity contribution in [2.45, 2.75) is 38.4 Å². The molecule has 12 nitrogen and oxygen atoms in total. The number of esters is 2. The molecule has 0 spiro atoms. The zero-order chi connectivity index (χ0) is 18.8. The van der Waals surface area contributed by atoms with E-state index in [4.69, 9.17) is 25.2 Å². The Labute approximate surface area is 146 Å². The van der Waals surface area contributed by atoms with Crippen LogP contribution in [0.15, 0.2) is 17.8 Å². The highest BCUT2D eigenvalue weighted by Gasteiger charge is 2.50. The van der Waals surface area contributed by atoms with Crippen molar-refractivity contribution in [3.8, 4) is 0 Å². The van der Waals surface area contributed by atoms with E-state index >= 15 is 0 Å². The van der Waals surface area contributed by atoms with Crippen molar-refractivity contribution in [3.63, 3.8) is 0 Å². The number of imidazole rings is 1. The highest BCUT2D eigenvalue weighted by atomic mass is 16.6. The van der Waals surface area contributed by atoms with Crippen molar-refractivity contribution in [2.24, 2.45) is 5.16 Å². The lowest BCUT2D eigenvalue weighted by atomic mass is 10.1. The average molecular weight is 364 g/mol. The highest BCUT2D eigenvalue weighted by Crippen LogP contribution is 2.35. The predicted octanol–water partition coefficient (Wildman–Crippen LogP) is -0.371. The van der Waals surface area contributed by atoms with Gasteiger partial charge in [0, 0.05) is 13.8 Å². The SMILES string of the molecule is CC(=O)O[C@H]1[C@H](OC(C)=O)[C@@H](/C=N/O)O[C@H]1n1cnc2c(N)ncnc21. The van der Waals surface area contributed by atoms with E-state index in [1.165, 1.54) is 31.1 Å². The standard InChI is InChI=1S/C14H16N6O6/c1-6(21)24-10-8(3-19-23)26-14(11(10)25-7(2)22)20-5-18-9-12(15)16-4-17-13(9)20/h3-5,8,10-11,14,23H,1-2H3,(H2,15,16,17)/b19-3+/t8-,10-,11+,14-/m1/s1. The van der Waals surface area contributed by atoms with Gasteiger partial charge in [-0.25, -0.2) is 15.0 Å². The fourth-order valence-corrected chi connectivity index (χ4v) is 2.77. The fraction of sp³-hybridized carbons (Fsp3) is 0.429. The predicted molar refractivity (Wildman–Crippen MR) is 85.0 cm³/mol. The number of ether oxygens (including phenoxy) is 3. The van der Waals surface area contributed by atoms with Gasteiger partial charge in [0.25, 0.3) is 0 Å². The van der Waals surface area contributed by atoms with Gasteiger partial charge in [0.05, 0.1) is 12.5 Å². The molecule has 2 aromatic rings. The van der Waals surface area contributed by atoms with Gasteiger partial charge in [-0.05, 0) is 0 Å². The quantitative estimate of drug-likeness (QED) is 0.316. The molecule has 1 fully saturated rings. The van der Waals surface area contributed by atoms with Gasteiger partial charge in [0.2, 0.25) is 0 Å². The summed E-state index contributed by atoms with van der Waals surface area (Å²) in [4.78, 5) is 35.1. The van der Waals surface area contributed by atoms with Gasteiger partial charge < -0.3 is 25.2 Å². The summed E-state index contributed by atoms with van der Waals surface area (Å²) in [6.07, 6.45) is -0.309. The Morgan fingerprint density at radius 1 is 1.27 bits per heavy atom. The zero-order valence-corrected chi connectivity index (χ0v) is 13.8. The van der Waals surface area contributed by atoms with Crippen molar-refractivity contribution >= 4 is 35.1 Å². The monoisotopic (exact) mass is 364 g/mol. The Morgan fingerprint density at radius 2 is 1.96 bits per heavy atom. The molecule has 12 heteroatoms. The van der Waals surface area contributed by atoms with E-state index in [9.17, 15) is 9.59 Å². The number of nitrogens with two attached hydrogens (primary N) is 1. The number of hydrogen-bond acceptors (Lipinski definition) is 11. The van der Waals surface area contributed by atoms with Gasteiger partial charge in [0.15, 0.2) is 29.9 Å². The van der Waals surface area contributed by atoms with E-state index in [-0.39, 0.29) is 5.82 Å². The Balaban J connectivity index is 2.06. The maximum Gasteiger partial charge on any atom is 0.303 e. The van der Waals surface area contributed by atoms with Crippen molar-refractivity contribution < 1.29 is 29.0 Å². The molecule has 2 aromatic heterocycles. The molecule has 1 aliphatic heterocycles. The Kier molecular flexibility index (Phi) is 4.67. The molecule has 3 rings (SSSR count). The first-order chi connectivity index (χ1) is 12.4. The van der Waals surface area contributed by atoms with Crippen LogP contribution in [0.3, 0.4) is 0 Å². The minimum Gasteiger partial charge on any atom is -0.455 e. The third-order valence-electron chi connectivity index (χ3n) is 3.70. The van der Waals surface area contributed by atoms with E-state index in [0.717, 1.165) is 6.21 Å². The first kappa shape index (κ1) is 17.5. The molecule has 0 amide bonds. The van der Waals surface area contributed by atoms with E-state index < -0.39 is 36.5 Å². The molecular weight excluding hydrogens is 348 g/mol. The second-order valence-corrected chi connectivity index (χ2v) is 5.49. The smallest absolute Gasteiger partial charge is 0.303 e. The summed E-state index contributed by atoms with van der Waals surface area (Å²) in [5.74, 6) is -1.06. The van der Waals surface area contributed by atoms with Crippen LogP contribution in [0.5, 0.6) is 0 Å². The molecular formula is C14H16N6O6. The Hall–Kier alpha value is -3.28. The van der Waals surface area contributed by atoms with Crippen LogP contribution in [0.2, 0.25) is 0 Å². The third kappa shape index (κ3) is 3.13. The van der Waals surface area contributed by atoms with E-state index in [1.54, 1.807) is 0 Å². The molecule has 26 heavy (non-hydrogen) atoms. The number of hydrogen-bond donors (Lipinski definition) is 2. The number of nitrogens with zero attached hydrogens (tertiary/aromatic N) is 5. The minimum atomic E-state index is -1.03. The number of anilines is 1. The normalized spacial score (nSPS) is 25.6. The summed E-state index contributed by atoms with van der Waals surface area (Å²) in [7, 11) is 0. The molecule has 3 heterocycles. The second-order valence-electron chi connectivity index (χ2n) is 5.49. The lowest BCUT2D eigenvalue weighted by Crippen LogP contribution is -2.39. The summed E-state index contributed by atoms with van der Waals surface area (Å²) in [5, 5.41) is 11.8. The van der Waals surface area contributed by atoms with Gasteiger partial charge in [-0.1, -0.05) is 5.16 Å². The van der Waals surface area contributed by atoms with Crippen molar-refractivity contribution in [1.82, 2.24) is 19.5 Å². The van der Waals surface area contributed by atoms with Gasteiger partial charge >= 0.3 is 11.9 Å². The molecule has 0 saturated carbocycles. The first-order valence-electron chi connectivity index (χ1n) is 7.52. The van der Waals surface area contributed by atoms with Crippen molar-refractivity contribution in [1.29, 1.82) is 0 Å². The van der Waals surface area contributed by atoms with Crippen molar-refractivity contribution in [2.75, 3.05) is 5.73 Å². The number of carbonyl (C=O) groups excluding carboxylic acids is 2. The maximum atomic E-state index is 11.6. The summed E-state index contributed by atoms with van der Waals surface area (Å²) in [6, 6.07) is 0. The van der Waals surface area contributed by atoms with Crippen LogP contribution >= 0.6 is 0 Å². The van der Waals surface area contributed by atoms with Crippen molar-refractivity contribution in [3.05, 3.63) is 12.7 Å².